The van der Waals surface area contributed by atoms with E-state index in [1.165, 1.54) is 30.6 Å². The van der Waals surface area contributed by atoms with Crippen LogP contribution in [0.4, 0.5) is 4.39 Å². The van der Waals surface area contributed by atoms with Gasteiger partial charge in [0.1, 0.15) is 11.5 Å². The monoisotopic (exact) mass is 207 g/mol. The van der Waals surface area contributed by atoms with Crippen LogP contribution in [0.1, 0.15) is 10.4 Å². The minimum absolute atomic E-state index is 0.109. The van der Waals surface area contributed by atoms with Crippen molar-refractivity contribution in [2.75, 3.05) is 0 Å². The lowest BCUT2D eigenvalue weighted by Crippen LogP contribution is -2.08. The number of halogens is 1. The number of aromatic nitrogens is 3. The highest BCUT2D eigenvalue weighted by Gasteiger charge is 2.16. The molecule has 0 saturated heterocycles. The van der Waals surface area contributed by atoms with Gasteiger partial charge in [0, 0.05) is 0 Å². The number of hydrogen-bond donors (Lipinski definition) is 1. The molecule has 76 valence electrons. The summed E-state index contributed by atoms with van der Waals surface area (Å²) in [4.78, 5) is 10.8. The number of nitrogens with zero attached hydrogens (tertiary/aromatic N) is 3. The quantitative estimate of drug-likeness (QED) is 0.800. The Hall–Kier alpha value is -2.24. The predicted molar refractivity (Wildman–Crippen MR) is 48.3 cm³/mol. The number of rotatable bonds is 2. The molecule has 0 saturated carbocycles. The standard InChI is InChI=1S/C9H6FN3O2/c10-7-3-1-2-6(9(14)15)8(7)13-5-4-11-12-13/h1-5H,(H,14,15). The molecule has 0 aliphatic heterocycles. The first-order valence-electron chi connectivity index (χ1n) is 4.08. The molecule has 2 rings (SSSR count). The van der Waals surface area contributed by atoms with Gasteiger partial charge < -0.3 is 5.11 Å². The lowest BCUT2D eigenvalue weighted by molar-refractivity contribution is 0.0696. The second-order valence-electron chi connectivity index (χ2n) is 2.79. The first kappa shape index (κ1) is 9.32. The fourth-order valence-corrected chi connectivity index (χ4v) is 1.25. The van der Waals surface area contributed by atoms with Crippen molar-refractivity contribution < 1.29 is 14.3 Å². The fraction of sp³-hybridized carbons (Fsp3) is 0. The van der Waals surface area contributed by atoms with Crippen molar-refractivity contribution in [2.24, 2.45) is 0 Å². The third-order valence-corrected chi connectivity index (χ3v) is 1.87. The number of carboxylic acid groups (broad SMARTS) is 1. The van der Waals surface area contributed by atoms with Crippen LogP contribution < -0.4 is 0 Å². The first-order valence-corrected chi connectivity index (χ1v) is 4.08. The number of carboxylic acids is 1. The van der Waals surface area contributed by atoms with Gasteiger partial charge >= 0.3 is 5.97 Å². The van der Waals surface area contributed by atoms with E-state index in [9.17, 15) is 9.18 Å². The minimum atomic E-state index is -1.21. The topological polar surface area (TPSA) is 68.0 Å². The van der Waals surface area contributed by atoms with Crippen LogP contribution in [0.3, 0.4) is 0 Å². The van der Waals surface area contributed by atoms with Crippen LogP contribution in [0.5, 0.6) is 0 Å². The van der Waals surface area contributed by atoms with Crippen LogP contribution in [0.15, 0.2) is 30.6 Å². The molecule has 1 N–H and O–H groups in total. The number of benzene rings is 1. The third-order valence-electron chi connectivity index (χ3n) is 1.87. The Labute approximate surface area is 83.8 Å². The highest BCUT2D eigenvalue weighted by Crippen LogP contribution is 2.17. The first-order chi connectivity index (χ1) is 7.20. The van der Waals surface area contributed by atoms with Gasteiger partial charge in [0.25, 0.3) is 0 Å². The molecule has 0 fully saturated rings. The Bertz CT molecular complexity index is 496. The number of aromatic carboxylic acids is 1. The van der Waals surface area contributed by atoms with E-state index in [0.29, 0.717) is 0 Å². The zero-order valence-corrected chi connectivity index (χ0v) is 7.46. The van der Waals surface area contributed by atoms with Gasteiger partial charge in [-0.3, -0.25) is 0 Å². The van der Waals surface area contributed by atoms with Gasteiger partial charge in [-0.2, -0.15) is 0 Å². The summed E-state index contributed by atoms with van der Waals surface area (Å²) in [5.41, 5.74) is -0.261. The average molecular weight is 207 g/mol. The summed E-state index contributed by atoms with van der Waals surface area (Å²) >= 11 is 0. The highest BCUT2D eigenvalue weighted by atomic mass is 19.1. The summed E-state index contributed by atoms with van der Waals surface area (Å²) in [5.74, 6) is -1.86. The number of hydrogen-bond acceptors (Lipinski definition) is 3. The zero-order valence-electron chi connectivity index (χ0n) is 7.46. The second kappa shape index (κ2) is 3.49. The van der Waals surface area contributed by atoms with Gasteiger partial charge in [-0.1, -0.05) is 11.3 Å². The van der Waals surface area contributed by atoms with Crippen LogP contribution in [-0.4, -0.2) is 26.1 Å². The summed E-state index contributed by atoms with van der Waals surface area (Å²) in [6, 6.07) is 3.81. The molecular weight excluding hydrogens is 201 g/mol. The predicted octanol–water partition coefficient (Wildman–Crippen LogP) is 1.10. The SMILES string of the molecule is O=C(O)c1cccc(F)c1-n1ccnn1. The number of para-hydroxylation sites is 1. The van der Waals surface area contributed by atoms with E-state index in [1.807, 2.05) is 0 Å². The van der Waals surface area contributed by atoms with Crippen molar-refractivity contribution in [3.8, 4) is 5.69 Å². The maximum Gasteiger partial charge on any atom is 0.338 e. The van der Waals surface area contributed by atoms with Gasteiger partial charge in [0.2, 0.25) is 0 Å². The van der Waals surface area contributed by atoms with Gasteiger partial charge in [-0.25, -0.2) is 13.9 Å². The van der Waals surface area contributed by atoms with E-state index in [0.717, 1.165) is 4.68 Å². The molecule has 0 aliphatic rings. The molecule has 2 aromatic rings. The summed E-state index contributed by atoms with van der Waals surface area (Å²) in [6.45, 7) is 0. The molecule has 1 aromatic heterocycles. The molecule has 15 heavy (non-hydrogen) atoms. The molecule has 1 aromatic carbocycles. The van der Waals surface area contributed by atoms with Gasteiger partial charge in [0.15, 0.2) is 0 Å². The molecule has 0 spiro atoms. The zero-order chi connectivity index (χ0) is 10.8. The van der Waals surface area contributed by atoms with Gasteiger partial charge in [-0.15, -0.1) is 5.10 Å². The van der Waals surface area contributed by atoms with E-state index >= 15 is 0 Å². The van der Waals surface area contributed by atoms with Crippen molar-refractivity contribution >= 4 is 5.97 Å². The summed E-state index contributed by atoms with van der Waals surface area (Å²) in [5, 5.41) is 15.9. The number of carbonyl (C=O) groups is 1. The van der Waals surface area contributed by atoms with Crippen LogP contribution in [0.2, 0.25) is 0 Å². The lowest BCUT2D eigenvalue weighted by atomic mass is 10.1. The molecule has 0 aliphatic carbocycles. The Morgan fingerprint density at radius 2 is 2.27 bits per heavy atom. The molecule has 6 heteroatoms. The van der Waals surface area contributed by atoms with Crippen LogP contribution >= 0.6 is 0 Å². The van der Waals surface area contributed by atoms with Crippen LogP contribution in [0, 0.1) is 5.82 Å². The van der Waals surface area contributed by atoms with E-state index in [-0.39, 0.29) is 11.3 Å². The normalized spacial score (nSPS) is 10.2. The molecule has 0 bridgehead atoms. The van der Waals surface area contributed by atoms with E-state index in [4.69, 9.17) is 5.11 Å². The fourth-order valence-electron chi connectivity index (χ4n) is 1.25. The van der Waals surface area contributed by atoms with Crippen molar-refractivity contribution in [2.45, 2.75) is 0 Å². The van der Waals surface area contributed by atoms with Crippen LogP contribution in [0.25, 0.3) is 5.69 Å². The second-order valence-corrected chi connectivity index (χ2v) is 2.79. The Morgan fingerprint density at radius 1 is 1.47 bits per heavy atom. The van der Waals surface area contributed by atoms with Crippen LogP contribution in [-0.2, 0) is 0 Å². The molecule has 5 nitrogen and oxygen atoms in total. The summed E-state index contributed by atoms with van der Waals surface area (Å²) in [7, 11) is 0. The highest BCUT2D eigenvalue weighted by molar-refractivity contribution is 5.91. The molecule has 0 amide bonds. The van der Waals surface area contributed by atoms with Crippen molar-refractivity contribution in [1.82, 2.24) is 15.0 Å². The molecule has 0 radical (unpaired) electrons. The smallest absolute Gasteiger partial charge is 0.338 e. The maximum absolute atomic E-state index is 13.4. The average Bonchev–Trinajstić information content (AvgIpc) is 2.70. The Morgan fingerprint density at radius 3 is 2.87 bits per heavy atom. The molecular formula is C9H6FN3O2. The summed E-state index contributed by atoms with van der Waals surface area (Å²) < 4.78 is 14.5. The van der Waals surface area contributed by atoms with E-state index < -0.39 is 11.8 Å². The van der Waals surface area contributed by atoms with E-state index in [1.54, 1.807) is 0 Å². The van der Waals surface area contributed by atoms with Crippen molar-refractivity contribution in [3.05, 3.63) is 42.0 Å². The van der Waals surface area contributed by atoms with Gasteiger partial charge in [0.05, 0.1) is 18.0 Å². The Balaban J connectivity index is 2.68. The van der Waals surface area contributed by atoms with Crippen molar-refractivity contribution in [1.29, 1.82) is 0 Å². The molecule has 1 heterocycles. The van der Waals surface area contributed by atoms with Gasteiger partial charge in [-0.05, 0) is 12.1 Å². The Kier molecular flexibility index (Phi) is 2.17. The maximum atomic E-state index is 13.4. The largest absolute Gasteiger partial charge is 0.478 e. The molecule has 0 unspecified atom stereocenters. The summed E-state index contributed by atoms with van der Waals surface area (Å²) in [6.07, 6.45) is 2.73. The minimum Gasteiger partial charge on any atom is -0.478 e. The lowest BCUT2D eigenvalue weighted by Gasteiger charge is -2.05. The third kappa shape index (κ3) is 1.56. The van der Waals surface area contributed by atoms with E-state index in [2.05, 4.69) is 10.3 Å². The van der Waals surface area contributed by atoms with Crippen molar-refractivity contribution in [3.63, 3.8) is 0 Å². The molecule has 0 atom stereocenters.